The molecule has 0 aliphatic carbocycles. The van der Waals surface area contributed by atoms with Crippen molar-refractivity contribution < 1.29 is 4.74 Å². The van der Waals surface area contributed by atoms with E-state index in [1.165, 1.54) is 12.0 Å². The van der Waals surface area contributed by atoms with Crippen molar-refractivity contribution in [3.63, 3.8) is 0 Å². The number of hydrogen-bond acceptors (Lipinski definition) is 1. The van der Waals surface area contributed by atoms with E-state index in [2.05, 4.69) is 19.9 Å². The number of fused-ring (bicyclic) bond motifs is 1. The molecule has 0 aromatic heterocycles. The normalized spacial score (nSPS) is 10.1. The Morgan fingerprint density at radius 2 is 1.50 bits per heavy atom. The van der Waals surface area contributed by atoms with Crippen LogP contribution in [0.1, 0.15) is 53.5 Å². The lowest BCUT2D eigenvalue weighted by Gasteiger charge is -1.93. The van der Waals surface area contributed by atoms with E-state index in [0.717, 1.165) is 18.8 Å². The summed E-state index contributed by atoms with van der Waals surface area (Å²) in [5, 5.41) is 0. The molecule has 0 amide bonds. The molecule has 1 nitrogen and oxygen atoms in total. The molecule has 1 aromatic carbocycles. The van der Waals surface area contributed by atoms with E-state index in [1.807, 2.05) is 45.9 Å². The second-order valence-electron chi connectivity index (χ2n) is 2.91. The maximum atomic E-state index is 5.30. The first-order chi connectivity index (χ1) is 7.88. The number of ether oxygens (including phenoxy) is 1. The Bertz CT molecular complexity index is 208. The molecule has 0 saturated carbocycles. The van der Waals surface area contributed by atoms with Gasteiger partial charge in [0.25, 0.3) is 0 Å². The molecule has 1 aliphatic rings. The molecule has 0 fully saturated rings. The summed E-state index contributed by atoms with van der Waals surface area (Å²) in [5.41, 5.74) is 1.34. The van der Waals surface area contributed by atoms with Crippen molar-refractivity contribution in [2.75, 3.05) is 6.61 Å². The minimum absolute atomic E-state index is 0.860. The smallest absolute Gasteiger partial charge is 0.122 e. The van der Waals surface area contributed by atoms with E-state index in [0.29, 0.717) is 0 Å². The molecule has 0 bridgehead atoms. The highest BCUT2D eigenvalue weighted by Gasteiger charge is 2.08. The predicted octanol–water partition coefficient (Wildman–Crippen LogP) is 5.09. The van der Waals surface area contributed by atoms with E-state index < -0.39 is 0 Å². The van der Waals surface area contributed by atoms with E-state index >= 15 is 0 Å². The summed E-state index contributed by atoms with van der Waals surface area (Å²) in [6.45, 7) is 13.1. The molecule has 0 saturated heterocycles. The van der Waals surface area contributed by atoms with Gasteiger partial charge in [0.15, 0.2) is 0 Å². The van der Waals surface area contributed by atoms with E-state index in [9.17, 15) is 0 Å². The van der Waals surface area contributed by atoms with Crippen molar-refractivity contribution in [1.29, 1.82) is 0 Å². The van der Waals surface area contributed by atoms with Crippen LogP contribution in [0.15, 0.2) is 24.3 Å². The number of benzene rings is 1. The molecule has 16 heavy (non-hydrogen) atoms. The lowest BCUT2D eigenvalue weighted by atomic mass is 10.2. The second-order valence-corrected chi connectivity index (χ2v) is 2.91. The van der Waals surface area contributed by atoms with Crippen molar-refractivity contribution in [3.05, 3.63) is 29.8 Å². The summed E-state index contributed by atoms with van der Waals surface area (Å²) in [4.78, 5) is 0. The standard InChI is InChI=1S/C8H8O.C3H8.2C2H6/c1-2-4-8-7(3-1)5-6-9-8;1-3-2;2*1-2/h1-4H,5-6H2;3H2,1-2H3;2*1-2H3. The predicted molar refractivity (Wildman–Crippen MR) is 74.3 cm³/mol. The lowest BCUT2D eigenvalue weighted by Crippen LogP contribution is -1.85. The van der Waals surface area contributed by atoms with Crippen molar-refractivity contribution >= 4 is 0 Å². The van der Waals surface area contributed by atoms with Gasteiger partial charge in [-0.25, -0.2) is 0 Å². The van der Waals surface area contributed by atoms with Crippen LogP contribution in [0, 0.1) is 0 Å². The quantitative estimate of drug-likeness (QED) is 0.596. The molecule has 0 radical (unpaired) electrons. The SMILES string of the molecule is CC.CC.CCC.c1ccc2c(c1)CCO2. The Labute approximate surface area is 102 Å². The fraction of sp³-hybridized carbons (Fsp3) is 0.600. The molecule has 1 aliphatic heterocycles. The van der Waals surface area contributed by atoms with Crippen molar-refractivity contribution in [2.45, 2.75) is 54.4 Å². The maximum absolute atomic E-state index is 5.30. The van der Waals surface area contributed by atoms with E-state index in [-0.39, 0.29) is 0 Å². The number of hydrogen-bond donors (Lipinski definition) is 0. The van der Waals surface area contributed by atoms with Gasteiger partial charge in [0.1, 0.15) is 5.75 Å². The van der Waals surface area contributed by atoms with Crippen molar-refractivity contribution in [3.8, 4) is 5.75 Å². The molecule has 0 N–H and O–H groups in total. The average molecular weight is 224 g/mol. The van der Waals surface area contributed by atoms with Gasteiger partial charge in [-0.2, -0.15) is 0 Å². The second kappa shape index (κ2) is 14.0. The Balaban J connectivity index is 0. The van der Waals surface area contributed by atoms with Crippen LogP contribution in [-0.2, 0) is 6.42 Å². The van der Waals surface area contributed by atoms with Gasteiger partial charge in [0, 0.05) is 6.42 Å². The zero-order valence-corrected chi connectivity index (χ0v) is 11.8. The average Bonchev–Trinajstić information content (AvgIpc) is 2.83. The molecular weight excluding hydrogens is 196 g/mol. The van der Waals surface area contributed by atoms with Crippen LogP contribution >= 0.6 is 0 Å². The van der Waals surface area contributed by atoms with Crippen LogP contribution in [0.25, 0.3) is 0 Å². The summed E-state index contributed by atoms with van der Waals surface area (Å²) < 4.78 is 5.30. The first-order valence-electron chi connectivity index (χ1n) is 6.59. The molecular formula is C15H28O. The molecule has 0 atom stereocenters. The van der Waals surface area contributed by atoms with Crippen LogP contribution in [0.4, 0.5) is 0 Å². The van der Waals surface area contributed by atoms with Gasteiger partial charge in [-0.15, -0.1) is 0 Å². The summed E-state index contributed by atoms with van der Waals surface area (Å²) in [6.07, 6.45) is 2.33. The van der Waals surface area contributed by atoms with Gasteiger partial charge >= 0.3 is 0 Å². The molecule has 0 unspecified atom stereocenters. The number of rotatable bonds is 0. The highest BCUT2D eigenvalue weighted by Crippen LogP contribution is 2.23. The van der Waals surface area contributed by atoms with Crippen molar-refractivity contribution in [2.24, 2.45) is 0 Å². The fourth-order valence-electron chi connectivity index (χ4n) is 1.12. The Morgan fingerprint density at radius 3 is 2.00 bits per heavy atom. The Hall–Kier alpha value is -0.980. The lowest BCUT2D eigenvalue weighted by molar-refractivity contribution is 0.357. The van der Waals surface area contributed by atoms with Gasteiger partial charge in [-0.3, -0.25) is 0 Å². The maximum Gasteiger partial charge on any atom is 0.122 e. The summed E-state index contributed by atoms with van der Waals surface area (Å²) in [5.74, 6) is 1.07. The molecule has 1 aromatic rings. The molecule has 1 heteroatoms. The highest BCUT2D eigenvalue weighted by molar-refractivity contribution is 5.35. The zero-order valence-electron chi connectivity index (χ0n) is 11.8. The monoisotopic (exact) mass is 224 g/mol. The third-order valence-corrected chi connectivity index (χ3v) is 1.60. The van der Waals surface area contributed by atoms with Gasteiger partial charge < -0.3 is 4.74 Å². The van der Waals surface area contributed by atoms with Gasteiger partial charge in [-0.05, 0) is 11.6 Å². The summed E-state index contributed by atoms with van der Waals surface area (Å²) in [6, 6.07) is 8.18. The van der Waals surface area contributed by atoms with E-state index in [1.54, 1.807) is 0 Å². The molecule has 94 valence electrons. The fourth-order valence-corrected chi connectivity index (χ4v) is 1.12. The topological polar surface area (TPSA) is 9.23 Å². The van der Waals surface area contributed by atoms with Gasteiger partial charge in [0.2, 0.25) is 0 Å². The van der Waals surface area contributed by atoms with Crippen LogP contribution in [0.5, 0.6) is 5.75 Å². The van der Waals surface area contributed by atoms with Crippen LogP contribution in [-0.4, -0.2) is 6.61 Å². The van der Waals surface area contributed by atoms with Crippen LogP contribution < -0.4 is 4.74 Å². The van der Waals surface area contributed by atoms with Crippen molar-refractivity contribution in [1.82, 2.24) is 0 Å². The first-order valence-corrected chi connectivity index (χ1v) is 6.59. The minimum atomic E-state index is 0.860. The van der Waals surface area contributed by atoms with Gasteiger partial charge in [0.05, 0.1) is 6.61 Å². The molecule has 2 rings (SSSR count). The first kappa shape index (κ1) is 17.4. The summed E-state index contributed by atoms with van der Waals surface area (Å²) in [7, 11) is 0. The van der Waals surface area contributed by atoms with Gasteiger partial charge in [-0.1, -0.05) is 66.2 Å². The zero-order chi connectivity index (χ0) is 12.8. The summed E-state index contributed by atoms with van der Waals surface area (Å²) >= 11 is 0. The minimum Gasteiger partial charge on any atom is -0.493 e. The highest BCUT2D eigenvalue weighted by atomic mass is 16.5. The largest absolute Gasteiger partial charge is 0.493 e. The third-order valence-electron chi connectivity index (χ3n) is 1.60. The van der Waals surface area contributed by atoms with E-state index in [4.69, 9.17) is 4.74 Å². The molecule has 1 heterocycles. The third kappa shape index (κ3) is 7.33. The van der Waals surface area contributed by atoms with Crippen LogP contribution in [0.3, 0.4) is 0 Å². The number of para-hydroxylation sites is 1. The van der Waals surface area contributed by atoms with Crippen LogP contribution in [0.2, 0.25) is 0 Å². The Kier molecular flexibility index (Phi) is 15.3. The molecule has 0 spiro atoms. The Morgan fingerprint density at radius 1 is 1.00 bits per heavy atom.